The summed E-state index contributed by atoms with van der Waals surface area (Å²) in [7, 11) is -7.28. The van der Waals surface area contributed by atoms with Crippen LogP contribution in [-0.2, 0) is 55.5 Å². The molecular weight excluding hydrogens is 575 g/mol. The van der Waals surface area contributed by atoms with E-state index in [4.69, 9.17) is 18.0 Å². The van der Waals surface area contributed by atoms with Crippen LogP contribution in [0.1, 0.15) is 23.1 Å². The fourth-order valence-electron chi connectivity index (χ4n) is 3.67. The predicted molar refractivity (Wildman–Crippen MR) is 152 cm³/mol. The second-order valence-corrected chi connectivity index (χ2v) is 13.1. The first kappa shape index (κ1) is 31.7. The fourth-order valence-corrected chi connectivity index (χ4v) is 6.77. The highest BCUT2D eigenvalue weighted by atomic mass is 32.2. The first-order valence-corrected chi connectivity index (χ1v) is 15.9. The van der Waals surface area contributed by atoms with Gasteiger partial charge in [-0.2, -0.15) is 8.42 Å². The smallest absolute Gasteiger partial charge is 0.332 e. The first-order valence-electron chi connectivity index (χ1n) is 12.3. The number of thiol groups is 1. The molecule has 0 N–H and O–H groups in total. The maximum atomic E-state index is 14.0. The Hall–Kier alpha value is -2.79. The normalized spacial score (nSPS) is 13.4. The maximum absolute atomic E-state index is 14.0. The minimum atomic E-state index is -4.39. The minimum absolute atomic E-state index is 0.0754. The topological polar surface area (TPSA) is 122 Å². The molecule has 214 valence electrons. The number of methoxy groups -OCH3 is 1. The molecule has 9 nitrogen and oxygen atoms in total. The van der Waals surface area contributed by atoms with Crippen molar-refractivity contribution in [2.24, 2.45) is 5.92 Å². The van der Waals surface area contributed by atoms with Gasteiger partial charge < -0.3 is 13.8 Å². The Morgan fingerprint density at radius 3 is 1.80 bits per heavy atom. The van der Waals surface area contributed by atoms with E-state index < -0.39 is 53.4 Å². The number of aryl methyl sites for hydroxylation is 1. The van der Waals surface area contributed by atoms with Gasteiger partial charge in [-0.1, -0.05) is 78.4 Å². The molecule has 0 aliphatic rings. The molecule has 0 radical (unpaired) electrons. The zero-order valence-electron chi connectivity index (χ0n) is 22.0. The lowest BCUT2D eigenvalue weighted by molar-refractivity contribution is -0.145. The molecular formula is C28H31O9PS2. The van der Waals surface area contributed by atoms with E-state index in [9.17, 15) is 22.6 Å². The molecule has 12 heteroatoms. The zero-order valence-corrected chi connectivity index (χ0v) is 24.6. The van der Waals surface area contributed by atoms with Crippen LogP contribution in [0, 0.1) is 12.8 Å². The average Bonchev–Trinajstić information content (AvgIpc) is 2.95. The van der Waals surface area contributed by atoms with Crippen molar-refractivity contribution in [3.8, 4) is 0 Å². The van der Waals surface area contributed by atoms with Crippen molar-refractivity contribution in [1.29, 1.82) is 0 Å². The Bertz CT molecular complexity index is 1370. The second-order valence-electron chi connectivity index (χ2n) is 8.96. The van der Waals surface area contributed by atoms with Crippen LogP contribution in [0.5, 0.6) is 0 Å². The van der Waals surface area contributed by atoms with Gasteiger partial charge in [0.1, 0.15) is 6.10 Å². The highest BCUT2D eigenvalue weighted by Gasteiger charge is 2.38. The molecule has 2 atom stereocenters. The summed E-state index contributed by atoms with van der Waals surface area (Å²) >= 11 is 3.78. The van der Waals surface area contributed by atoms with Gasteiger partial charge >= 0.3 is 13.6 Å². The molecule has 0 saturated carbocycles. The molecule has 3 aromatic carbocycles. The molecule has 0 saturated heterocycles. The maximum Gasteiger partial charge on any atom is 0.332 e. The highest BCUT2D eigenvalue weighted by molar-refractivity contribution is 7.96. The van der Waals surface area contributed by atoms with Crippen molar-refractivity contribution in [3.63, 3.8) is 0 Å². The molecule has 0 aliphatic heterocycles. The molecule has 0 fully saturated rings. The van der Waals surface area contributed by atoms with E-state index in [1.807, 2.05) is 12.1 Å². The monoisotopic (exact) mass is 606 g/mol. The van der Waals surface area contributed by atoms with Crippen LogP contribution in [0.3, 0.4) is 0 Å². The third-order valence-electron chi connectivity index (χ3n) is 5.85. The molecule has 0 bridgehead atoms. The third-order valence-corrected chi connectivity index (χ3v) is 9.40. The SMILES string of the molecule is COC(=O)[C@@H](C[C@H](OS(=O)(=O)c1ccc(C)cc1)C(=O)S)CP(=O)(OCc1ccccc1)OCc1ccccc1. The average molecular weight is 607 g/mol. The fraction of sp³-hybridized carbons (Fsp3) is 0.286. The van der Waals surface area contributed by atoms with E-state index in [1.165, 1.54) is 12.1 Å². The van der Waals surface area contributed by atoms with Crippen LogP contribution in [0.25, 0.3) is 0 Å². The van der Waals surface area contributed by atoms with Gasteiger partial charge in [-0.3, -0.25) is 18.3 Å². The summed E-state index contributed by atoms with van der Waals surface area (Å²) in [6, 6.07) is 23.8. The van der Waals surface area contributed by atoms with E-state index in [0.717, 1.165) is 23.8 Å². The van der Waals surface area contributed by atoms with Crippen LogP contribution < -0.4 is 0 Å². The van der Waals surface area contributed by atoms with Crippen molar-refractivity contribution in [3.05, 3.63) is 102 Å². The Kier molecular flexibility index (Phi) is 11.7. The van der Waals surface area contributed by atoms with Crippen molar-refractivity contribution >= 4 is 41.4 Å². The van der Waals surface area contributed by atoms with Crippen LogP contribution in [0.4, 0.5) is 0 Å². The summed E-state index contributed by atoms with van der Waals surface area (Å²) in [5.74, 6) is -2.13. The van der Waals surface area contributed by atoms with Gasteiger partial charge in [-0.25, -0.2) is 0 Å². The Morgan fingerprint density at radius 2 is 1.35 bits per heavy atom. The van der Waals surface area contributed by atoms with Crippen molar-refractivity contribution < 1.29 is 40.5 Å². The van der Waals surface area contributed by atoms with E-state index in [0.29, 0.717) is 0 Å². The predicted octanol–water partition coefficient (Wildman–Crippen LogP) is 5.33. The van der Waals surface area contributed by atoms with Crippen molar-refractivity contribution in [1.82, 2.24) is 0 Å². The Labute approximate surface area is 239 Å². The quantitative estimate of drug-likeness (QED) is 0.106. The summed E-state index contributed by atoms with van der Waals surface area (Å²) in [5.41, 5.74) is 2.27. The van der Waals surface area contributed by atoms with E-state index >= 15 is 0 Å². The number of benzene rings is 3. The lowest BCUT2D eigenvalue weighted by atomic mass is 10.0. The van der Waals surface area contributed by atoms with Gasteiger partial charge in [-0.05, 0) is 36.6 Å². The summed E-state index contributed by atoms with van der Waals surface area (Å²) in [6.07, 6.45) is -2.66. The Morgan fingerprint density at radius 1 is 0.850 bits per heavy atom. The molecule has 3 rings (SSSR count). The second kappa shape index (κ2) is 14.7. The van der Waals surface area contributed by atoms with E-state index in [-0.39, 0.29) is 18.1 Å². The standard InChI is InChI=1S/C28H31O9PS2/c1-21-13-15-25(16-14-21)40(32,33)37-26(28(30)39)17-24(27(29)34-2)20-38(31,35-18-22-9-5-3-6-10-22)36-19-23-11-7-4-8-12-23/h3-16,24,26H,17-20H2,1-2H3,(H,30,39)/t24-,26-/m0/s1. The number of carbonyl (C=O) groups excluding carboxylic acids is 2. The number of hydrogen-bond donors (Lipinski definition) is 1. The number of esters is 1. The van der Waals surface area contributed by atoms with Crippen LogP contribution in [-0.4, -0.2) is 38.9 Å². The van der Waals surface area contributed by atoms with Gasteiger partial charge in [0.15, 0.2) is 0 Å². The lowest BCUT2D eigenvalue weighted by Crippen LogP contribution is -2.32. The Balaban J connectivity index is 1.84. The largest absolute Gasteiger partial charge is 0.469 e. The number of hydrogen-bond acceptors (Lipinski definition) is 9. The summed E-state index contributed by atoms with van der Waals surface area (Å²) in [4.78, 5) is 24.9. The van der Waals surface area contributed by atoms with Crippen LogP contribution in [0.15, 0.2) is 89.8 Å². The van der Waals surface area contributed by atoms with Crippen molar-refractivity contribution in [2.45, 2.75) is 37.6 Å². The molecule has 0 amide bonds. The molecule has 0 unspecified atom stereocenters. The molecule has 0 aliphatic carbocycles. The molecule has 0 heterocycles. The molecule has 40 heavy (non-hydrogen) atoms. The van der Waals surface area contributed by atoms with E-state index in [1.54, 1.807) is 67.6 Å². The van der Waals surface area contributed by atoms with Gasteiger partial charge in [0.05, 0.1) is 37.3 Å². The minimum Gasteiger partial charge on any atom is -0.469 e. The zero-order chi connectivity index (χ0) is 29.2. The van der Waals surface area contributed by atoms with Gasteiger partial charge in [0.25, 0.3) is 10.1 Å². The molecule has 0 aromatic heterocycles. The molecule has 0 spiro atoms. The number of carbonyl (C=O) groups is 2. The molecule has 3 aromatic rings. The van der Waals surface area contributed by atoms with Crippen LogP contribution >= 0.6 is 20.2 Å². The van der Waals surface area contributed by atoms with Crippen molar-refractivity contribution in [2.75, 3.05) is 13.3 Å². The van der Waals surface area contributed by atoms with Gasteiger partial charge in [0.2, 0.25) is 5.12 Å². The van der Waals surface area contributed by atoms with Gasteiger partial charge in [0, 0.05) is 0 Å². The van der Waals surface area contributed by atoms with Gasteiger partial charge in [-0.15, -0.1) is 12.6 Å². The first-order chi connectivity index (χ1) is 19.0. The lowest BCUT2D eigenvalue weighted by Gasteiger charge is -2.25. The van der Waals surface area contributed by atoms with E-state index in [2.05, 4.69) is 12.6 Å². The highest BCUT2D eigenvalue weighted by Crippen LogP contribution is 2.52. The summed E-state index contributed by atoms with van der Waals surface area (Å²) in [5, 5.41) is -0.935. The summed E-state index contributed by atoms with van der Waals surface area (Å²) < 4.78 is 61.2. The number of rotatable bonds is 15. The number of ether oxygens (including phenoxy) is 1. The third kappa shape index (κ3) is 9.69. The summed E-state index contributed by atoms with van der Waals surface area (Å²) in [6.45, 7) is 1.64. The van der Waals surface area contributed by atoms with Crippen LogP contribution in [0.2, 0.25) is 0 Å².